The predicted molar refractivity (Wildman–Crippen MR) is 172 cm³/mol. The minimum absolute atomic E-state index is 0.340. The van der Waals surface area contributed by atoms with Crippen LogP contribution >= 0.6 is 25.3 Å². The zero-order chi connectivity index (χ0) is 28.4. The van der Waals surface area contributed by atoms with Gasteiger partial charge in [-0.15, -0.1) is 0 Å². The molecule has 0 aliphatic rings. The van der Waals surface area contributed by atoms with Crippen molar-refractivity contribution in [2.24, 2.45) is 0 Å². The average Bonchev–Trinajstić information content (AvgIpc) is 2.89. The Hall–Kier alpha value is -0.360. The van der Waals surface area contributed by atoms with Crippen LogP contribution in [0.4, 0.5) is 0 Å². The first kappa shape index (κ1) is 39.8. The third-order valence-corrected chi connectivity index (χ3v) is 7.73. The van der Waals surface area contributed by atoms with Crippen molar-refractivity contribution in [1.29, 1.82) is 0 Å². The number of aliphatic carboxylic acids is 2. The Morgan fingerprint density at radius 1 is 0.316 bits per heavy atom. The van der Waals surface area contributed by atoms with E-state index in [0.29, 0.717) is 12.8 Å². The van der Waals surface area contributed by atoms with Crippen molar-refractivity contribution in [1.82, 2.24) is 0 Å². The van der Waals surface area contributed by atoms with Crippen LogP contribution in [0.2, 0.25) is 0 Å². The van der Waals surface area contributed by atoms with Gasteiger partial charge in [0.2, 0.25) is 0 Å². The zero-order valence-corrected chi connectivity index (χ0v) is 26.6. The third-order valence-electron chi connectivity index (χ3n) is 7.10. The van der Waals surface area contributed by atoms with E-state index in [0.717, 1.165) is 37.2 Å². The summed E-state index contributed by atoms with van der Waals surface area (Å²) in [6.45, 7) is 0. The van der Waals surface area contributed by atoms with Gasteiger partial charge in [0.1, 0.15) is 0 Å². The Morgan fingerprint density at radius 3 is 0.632 bits per heavy atom. The minimum Gasteiger partial charge on any atom is -0.481 e. The first-order valence-electron chi connectivity index (χ1n) is 16.2. The molecule has 0 aliphatic carbocycles. The Bertz CT molecular complexity index is 432. The van der Waals surface area contributed by atoms with Gasteiger partial charge in [0.05, 0.1) is 0 Å². The molecule has 0 aromatic heterocycles. The summed E-state index contributed by atoms with van der Waals surface area (Å²) < 4.78 is 0. The van der Waals surface area contributed by atoms with Gasteiger partial charge in [0.15, 0.2) is 0 Å². The van der Waals surface area contributed by atoms with Crippen molar-refractivity contribution in [3.8, 4) is 0 Å². The second kappa shape index (κ2) is 36.6. The molecule has 0 heterocycles. The number of rotatable bonds is 30. The molecule has 0 aromatic carbocycles. The standard InChI is InChI=1S/2C16H32O2S/c2*17-16(18)14-12-10-8-6-4-2-1-3-5-7-9-11-13-15-19/h2*19H,1-15H2,(H,17,18). The highest BCUT2D eigenvalue weighted by molar-refractivity contribution is 7.80. The second-order valence-electron chi connectivity index (χ2n) is 10.9. The van der Waals surface area contributed by atoms with Crippen LogP contribution in [0, 0.1) is 0 Å². The summed E-state index contributed by atoms with van der Waals surface area (Å²) in [5, 5.41) is 17.0. The van der Waals surface area contributed by atoms with Gasteiger partial charge < -0.3 is 10.2 Å². The molecule has 0 radical (unpaired) electrons. The van der Waals surface area contributed by atoms with Crippen LogP contribution in [0.3, 0.4) is 0 Å². The lowest BCUT2D eigenvalue weighted by Crippen LogP contribution is -1.93. The van der Waals surface area contributed by atoms with Gasteiger partial charge in [-0.05, 0) is 37.2 Å². The predicted octanol–water partition coefficient (Wildman–Crippen LogP) is 10.9. The summed E-state index contributed by atoms with van der Waals surface area (Å²) in [4.78, 5) is 20.6. The summed E-state index contributed by atoms with van der Waals surface area (Å²) in [7, 11) is 0. The number of unbranched alkanes of at least 4 members (excludes halogenated alkanes) is 24. The minimum atomic E-state index is -0.658. The summed E-state index contributed by atoms with van der Waals surface area (Å²) in [5.74, 6) is 0.752. The van der Waals surface area contributed by atoms with Gasteiger partial charge in [-0.1, -0.05) is 141 Å². The fourth-order valence-electron chi connectivity index (χ4n) is 4.67. The fraction of sp³-hybridized carbons (Fsp3) is 0.938. The molecule has 228 valence electrons. The lowest BCUT2D eigenvalue weighted by atomic mass is 10.0. The van der Waals surface area contributed by atoms with Crippen LogP contribution in [0.1, 0.15) is 180 Å². The van der Waals surface area contributed by atoms with Crippen LogP contribution < -0.4 is 0 Å². The molecule has 0 spiro atoms. The molecule has 38 heavy (non-hydrogen) atoms. The SMILES string of the molecule is O=C(O)CCCCCCCCCCCCCCCS.O=C(O)CCCCCCCCCCCCCCCS. The fourth-order valence-corrected chi connectivity index (χ4v) is 5.11. The molecule has 0 aromatic rings. The first-order chi connectivity index (χ1) is 18.5. The number of hydrogen-bond acceptors (Lipinski definition) is 4. The quantitative estimate of drug-likeness (QED) is 0.0507. The molecule has 0 saturated carbocycles. The van der Waals surface area contributed by atoms with Gasteiger partial charge >= 0.3 is 11.9 Å². The summed E-state index contributed by atoms with van der Waals surface area (Å²) in [6.07, 6.45) is 34.0. The number of thiol groups is 2. The zero-order valence-electron chi connectivity index (χ0n) is 24.8. The number of carbonyl (C=O) groups is 2. The normalized spacial score (nSPS) is 10.8. The van der Waals surface area contributed by atoms with Gasteiger partial charge in [-0.3, -0.25) is 9.59 Å². The molecule has 0 aliphatic heterocycles. The van der Waals surface area contributed by atoms with E-state index in [9.17, 15) is 9.59 Å². The second-order valence-corrected chi connectivity index (χ2v) is 11.8. The maximum Gasteiger partial charge on any atom is 0.303 e. The molecule has 4 nitrogen and oxygen atoms in total. The Kier molecular flexibility index (Phi) is 38.4. The maximum absolute atomic E-state index is 10.3. The van der Waals surface area contributed by atoms with E-state index in [2.05, 4.69) is 25.3 Å². The van der Waals surface area contributed by atoms with Gasteiger partial charge in [0.25, 0.3) is 0 Å². The van der Waals surface area contributed by atoms with Crippen molar-refractivity contribution in [2.75, 3.05) is 11.5 Å². The molecule has 0 rings (SSSR count). The number of carboxylic acid groups (broad SMARTS) is 2. The molecule has 6 heteroatoms. The van der Waals surface area contributed by atoms with E-state index in [1.807, 2.05) is 0 Å². The van der Waals surface area contributed by atoms with Gasteiger partial charge in [0, 0.05) is 12.8 Å². The molecule has 0 fully saturated rings. The van der Waals surface area contributed by atoms with Crippen LogP contribution in [-0.2, 0) is 9.59 Å². The highest BCUT2D eigenvalue weighted by Crippen LogP contribution is 2.14. The third kappa shape index (κ3) is 42.7. The molecule has 0 bridgehead atoms. The van der Waals surface area contributed by atoms with E-state index in [-0.39, 0.29) is 0 Å². The lowest BCUT2D eigenvalue weighted by molar-refractivity contribution is -0.138. The molecular formula is C32H64O4S2. The monoisotopic (exact) mass is 576 g/mol. The number of carboxylic acids is 2. The molecule has 0 saturated heterocycles. The van der Waals surface area contributed by atoms with Gasteiger partial charge in [-0.2, -0.15) is 25.3 Å². The highest BCUT2D eigenvalue weighted by Gasteiger charge is 1.98. The summed E-state index contributed by atoms with van der Waals surface area (Å²) >= 11 is 8.43. The highest BCUT2D eigenvalue weighted by atomic mass is 32.1. The van der Waals surface area contributed by atoms with Crippen LogP contribution in [0.15, 0.2) is 0 Å². The molecular weight excluding hydrogens is 512 g/mol. The summed E-state index contributed by atoms with van der Waals surface area (Å²) in [6, 6.07) is 0. The molecule has 0 atom stereocenters. The van der Waals surface area contributed by atoms with Crippen LogP contribution in [0.25, 0.3) is 0 Å². The van der Waals surface area contributed by atoms with E-state index < -0.39 is 11.9 Å². The van der Waals surface area contributed by atoms with Crippen molar-refractivity contribution in [2.45, 2.75) is 180 Å². The lowest BCUT2D eigenvalue weighted by Gasteiger charge is -2.02. The van der Waals surface area contributed by atoms with E-state index in [4.69, 9.17) is 10.2 Å². The Labute approximate surface area is 247 Å². The first-order valence-corrected chi connectivity index (χ1v) is 17.5. The topological polar surface area (TPSA) is 74.6 Å². The van der Waals surface area contributed by atoms with Crippen molar-refractivity contribution >= 4 is 37.2 Å². The van der Waals surface area contributed by atoms with Gasteiger partial charge in [-0.25, -0.2) is 0 Å². The molecule has 2 N–H and O–H groups in total. The number of hydrogen-bond donors (Lipinski definition) is 4. The summed E-state index contributed by atoms with van der Waals surface area (Å²) in [5.41, 5.74) is 0. The van der Waals surface area contributed by atoms with Crippen molar-refractivity contribution < 1.29 is 19.8 Å². The largest absolute Gasteiger partial charge is 0.481 e. The average molecular weight is 577 g/mol. The van der Waals surface area contributed by atoms with E-state index in [1.54, 1.807) is 0 Å². The van der Waals surface area contributed by atoms with E-state index >= 15 is 0 Å². The Morgan fingerprint density at radius 2 is 0.474 bits per heavy atom. The van der Waals surface area contributed by atoms with Crippen molar-refractivity contribution in [3.63, 3.8) is 0 Å². The van der Waals surface area contributed by atoms with Crippen molar-refractivity contribution in [3.05, 3.63) is 0 Å². The molecule has 0 unspecified atom stereocenters. The van der Waals surface area contributed by atoms with Crippen LogP contribution in [0.5, 0.6) is 0 Å². The maximum atomic E-state index is 10.3. The smallest absolute Gasteiger partial charge is 0.303 e. The Balaban J connectivity index is 0. The molecule has 0 amide bonds. The van der Waals surface area contributed by atoms with E-state index in [1.165, 1.54) is 141 Å². The van der Waals surface area contributed by atoms with Crippen LogP contribution in [-0.4, -0.2) is 33.7 Å².